The molecule has 0 bridgehead atoms. The average molecular weight is 360 g/mol. The zero-order chi connectivity index (χ0) is 16.9. The number of aromatic nitrogens is 3. The molecule has 0 saturated heterocycles. The molecule has 24 heavy (non-hydrogen) atoms. The van der Waals surface area contributed by atoms with Gasteiger partial charge in [-0.05, 0) is 42.0 Å². The molecule has 0 amide bonds. The molecule has 3 aromatic rings. The van der Waals surface area contributed by atoms with E-state index < -0.39 is 0 Å². The Kier molecular flexibility index (Phi) is 5.33. The first-order valence-corrected chi connectivity index (χ1v) is 8.71. The Labute approximate surface area is 149 Å². The normalized spacial score (nSPS) is 10.8. The Balaban J connectivity index is 1.84. The summed E-state index contributed by atoms with van der Waals surface area (Å²) in [6.45, 7) is 4.38. The van der Waals surface area contributed by atoms with E-state index in [2.05, 4.69) is 16.8 Å². The van der Waals surface area contributed by atoms with Crippen LogP contribution in [0.4, 0.5) is 4.39 Å². The summed E-state index contributed by atoms with van der Waals surface area (Å²) in [5, 5.41) is 10.1. The molecule has 0 aliphatic rings. The summed E-state index contributed by atoms with van der Waals surface area (Å²) in [5.74, 6) is 1.19. The molecule has 2 aromatic carbocycles. The van der Waals surface area contributed by atoms with E-state index in [0.717, 1.165) is 27.1 Å². The van der Waals surface area contributed by atoms with Crippen LogP contribution in [0.15, 0.2) is 66.3 Å². The highest BCUT2D eigenvalue weighted by atomic mass is 35.5. The van der Waals surface area contributed by atoms with Gasteiger partial charge < -0.3 is 0 Å². The van der Waals surface area contributed by atoms with Crippen LogP contribution in [-0.2, 0) is 12.3 Å². The van der Waals surface area contributed by atoms with E-state index in [0.29, 0.717) is 12.4 Å². The molecule has 0 atom stereocenters. The number of allylic oxidation sites excluding steroid dienone is 1. The van der Waals surface area contributed by atoms with E-state index in [1.54, 1.807) is 30.0 Å². The highest BCUT2D eigenvalue weighted by molar-refractivity contribution is 7.98. The lowest BCUT2D eigenvalue weighted by Crippen LogP contribution is -2.00. The fourth-order valence-electron chi connectivity index (χ4n) is 2.23. The summed E-state index contributed by atoms with van der Waals surface area (Å²) in [5.41, 5.74) is 1.98. The van der Waals surface area contributed by atoms with Crippen molar-refractivity contribution in [1.29, 1.82) is 0 Å². The van der Waals surface area contributed by atoms with E-state index in [9.17, 15) is 4.39 Å². The van der Waals surface area contributed by atoms with Crippen LogP contribution in [0.1, 0.15) is 5.56 Å². The highest BCUT2D eigenvalue weighted by Gasteiger charge is 2.13. The van der Waals surface area contributed by atoms with Crippen molar-refractivity contribution < 1.29 is 4.39 Å². The predicted molar refractivity (Wildman–Crippen MR) is 96.6 cm³/mol. The number of hydrogen-bond donors (Lipinski definition) is 0. The van der Waals surface area contributed by atoms with Gasteiger partial charge in [0.2, 0.25) is 0 Å². The largest absolute Gasteiger partial charge is 0.298 e. The van der Waals surface area contributed by atoms with Crippen LogP contribution >= 0.6 is 23.4 Å². The van der Waals surface area contributed by atoms with E-state index in [1.807, 2.05) is 28.8 Å². The van der Waals surface area contributed by atoms with Crippen molar-refractivity contribution in [2.24, 2.45) is 0 Å². The molecule has 0 spiro atoms. The van der Waals surface area contributed by atoms with Crippen LogP contribution in [0.25, 0.3) is 11.4 Å². The van der Waals surface area contributed by atoms with Gasteiger partial charge in [-0.25, -0.2) is 4.39 Å². The predicted octanol–water partition coefficient (Wildman–Crippen LogP) is 5.22. The summed E-state index contributed by atoms with van der Waals surface area (Å²) in [6, 6.07) is 14.0. The van der Waals surface area contributed by atoms with Crippen LogP contribution in [0.2, 0.25) is 5.02 Å². The third-order valence-corrected chi connectivity index (χ3v) is 4.70. The summed E-state index contributed by atoms with van der Waals surface area (Å²) in [7, 11) is 0. The molecule has 0 saturated carbocycles. The molecule has 0 fully saturated rings. The van der Waals surface area contributed by atoms with Crippen LogP contribution in [-0.4, -0.2) is 14.8 Å². The molecule has 6 heteroatoms. The molecule has 1 heterocycles. The standard InChI is InChI=1S/C18H15ClFN3S/c1-2-11-23-17(14-5-9-16(20)10-6-14)21-22-18(23)24-12-13-3-7-15(19)8-4-13/h2-10H,1,11-12H2. The van der Waals surface area contributed by atoms with Crippen LogP contribution < -0.4 is 0 Å². The number of rotatable bonds is 6. The third kappa shape index (κ3) is 3.86. The lowest BCUT2D eigenvalue weighted by atomic mass is 10.2. The number of hydrogen-bond acceptors (Lipinski definition) is 3. The lowest BCUT2D eigenvalue weighted by molar-refractivity contribution is 0.628. The van der Waals surface area contributed by atoms with Gasteiger partial charge in [0, 0.05) is 22.9 Å². The quantitative estimate of drug-likeness (QED) is 0.446. The number of halogens is 2. The Morgan fingerprint density at radius 2 is 1.79 bits per heavy atom. The van der Waals surface area contributed by atoms with Gasteiger partial charge in [-0.1, -0.05) is 41.6 Å². The van der Waals surface area contributed by atoms with Gasteiger partial charge in [0.1, 0.15) is 5.82 Å². The molecular weight excluding hydrogens is 345 g/mol. The monoisotopic (exact) mass is 359 g/mol. The van der Waals surface area contributed by atoms with Crippen LogP contribution in [0.3, 0.4) is 0 Å². The fourth-order valence-corrected chi connectivity index (χ4v) is 3.26. The van der Waals surface area contributed by atoms with E-state index >= 15 is 0 Å². The Hall–Kier alpha value is -2.11. The smallest absolute Gasteiger partial charge is 0.192 e. The van der Waals surface area contributed by atoms with Gasteiger partial charge >= 0.3 is 0 Å². The Morgan fingerprint density at radius 3 is 2.46 bits per heavy atom. The van der Waals surface area contributed by atoms with Crippen molar-refractivity contribution in [2.45, 2.75) is 17.5 Å². The molecule has 0 aliphatic heterocycles. The van der Waals surface area contributed by atoms with Crippen molar-refractivity contribution in [2.75, 3.05) is 0 Å². The summed E-state index contributed by atoms with van der Waals surface area (Å²) in [6.07, 6.45) is 1.79. The maximum Gasteiger partial charge on any atom is 0.192 e. The molecule has 3 rings (SSSR count). The molecule has 0 aliphatic carbocycles. The van der Waals surface area contributed by atoms with Gasteiger partial charge in [-0.2, -0.15) is 0 Å². The van der Waals surface area contributed by atoms with Crippen molar-refractivity contribution in [3.8, 4) is 11.4 Å². The molecular formula is C18H15ClFN3S. The van der Waals surface area contributed by atoms with Crippen LogP contribution in [0, 0.1) is 5.82 Å². The third-order valence-electron chi connectivity index (χ3n) is 3.41. The van der Waals surface area contributed by atoms with E-state index in [4.69, 9.17) is 11.6 Å². The zero-order valence-electron chi connectivity index (χ0n) is 12.8. The molecule has 0 N–H and O–H groups in total. The topological polar surface area (TPSA) is 30.7 Å². The van der Waals surface area contributed by atoms with Gasteiger partial charge in [0.25, 0.3) is 0 Å². The van der Waals surface area contributed by atoms with Gasteiger partial charge in [0.05, 0.1) is 0 Å². The molecule has 3 nitrogen and oxygen atoms in total. The van der Waals surface area contributed by atoms with Crippen molar-refractivity contribution in [3.63, 3.8) is 0 Å². The second-order valence-electron chi connectivity index (χ2n) is 5.13. The minimum absolute atomic E-state index is 0.272. The highest BCUT2D eigenvalue weighted by Crippen LogP contribution is 2.27. The summed E-state index contributed by atoms with van der Waals surface area (Å²) < 4.78 is 15.1. The molecule has 122 valence electrons. The second kappa shape index (κ2) is 7.64. The van der Waals surface area contributed by atoms with Crippen LogP contribution in [0.5, 0.6) is 0 Å². The van der Waals surface area contributed by atoms with Gasteiger partial charge in [0.15, 0.2) is 11.0 Å². The summed E-state index contributed by atoms with van der Waals surface area (Å²) >= 11 is 7.50. The molecule has 0 radical (unpaired) electrons. The number of nitrogens with zero attached hydrogens (tertiary/aromatic N) is 3. The Morgan fingerprint density at radius 1 is 1.08 bits per heavy atom. The first-order chi connectivity index (χ1) is 11.7. The second-order valence-corrected chi connectivity index (χ2v) is 6.51. The lowest BCUT2D eigenvalue weighted by Gasteiger charge is -2.08. The Bertz CT molecular complexity index is 828. The fraction of sp³-hybridized carbons (Fsp3) is 0.111. The first kappa shape index (κ1) is 16.7. The van der Waals surface area contributed by atoms with E-state index in [-0.39, 0.29) is 5.82 Å². The zero-order valence-corrected chi connectivity index (χ0v) is 14.4. The SMILES string of the molecule is C=CCn1c(SCc2ccc(Cl)cc2)nnc1-c1ccc(F)cc1. The minimum atomic E-state index is -0.272. The van der Waals surface area contributed by atoms with Crippen molar-refractivity contribution in [1.82, 2.24) is 14.8 Å². The molecule has 0 unspecified atom stereocenters. The molecule has 1 aromatic heterocycles. The maximum absolute atomic E-state index is 13.1. The number of thioether (sulfide) groups is 1. The minimum Gasteiger partial charge on any atom is -0.298 e. The van der Waals surface area contributed by atoms with Gasteiger partial charge in [-0.15, -0.1) is 16.8 Å². The maximum atomic E-state index is 13.1. The van der Waals surface area contributed by atoms with Crippen molar-refractivity contribution in [3.05, 3.63) is 77.6 Å². The first-order valence-electron chi connectivity index (χ1n) is 7.34. The summed E-state index contributed by atoms with van der Waals surface area (Å²) in [4.78, 5) is 0. The average Bonchev–Trinajstić information content (AvgIpc) is 2.98. The van der Waals surface area contributed by atoms with Gasteiger partial charge in [-0.3, -0.25) is 4.57 Å². The van der Waals surface area contributed by atoms with E-state index in [1.165, 1.54) is 12.1 Å². The number of benzene rings is 2. The van der Waals surface area contributed by atoms with Crippen molar-refractivity contribution >= 4 is 23.4 Å².